The highest BCUT2D eigenvalue weighted by Crippen LogP contribution is 2.35. The number of rotatable bonds is 8. The van der Waals surface area contributed by atoms with Crippen molar-refractivity contribution in [1.29, 1.82) is 0 Å². The van der Waals surface area contributed by atoms with Crippen LogP contribution in [0, 0.1) is 30.6 Å². The molecule has 0 radical (unpaired) electrons. The van der Waals surface area contributed by atoms with Gasteiger partial charge in [0.15, 0.2) is 0 Å². The van der Waals surface area contributed by atoms with Crippen LogP contribution in [0.5, 0.6) is 5.75 Å². The second-order valence-electron chi connectivity index (χ2n) is 9.14. The predicted octanol–water partition coefficient (Wildman–Crippen LogP) is 8.26. The van der Waals surface area contributed by atoms with Gasteiger partial charge < -0.3 is 4.74 Å². The van der Waals surface area contributed by atoms with Crippen molar-refractivity contribution in [2.24, 2.45) is 11.8 Å². The van der Waals surface area contributed by atoms with Gasteiger partial charge in [0.1, 0.15) is 11.4 Å². The molecule has 34 heavy (non-hydrogen) atoms. The minimum absolute atomic E-state index is 0.698. The Morgan fingerprint density at radius 3 is 2.50 bits per heavy atom. The number of allylic oxidation sites excluding steroid dienone is 1. The Labute approximate surface area is 209 Å². The number of nitrogens with zero attached hydrogens (tertiary/aromatic N) is 1. The Hall–Kier alpha value is -3.02. The highest BCUT2D eigenvalue weighted by molar-refractivity contribution is 6.30. The lowest BCUT2D eigenvalue weighted by Gasteiger charge is -2.22. The van der Waals surface area contributed by atoms with Gasteiger partial charge in [-0.1, -0.05) is 67.5 Å². The molecule has 0 aliphatic heterocycles. The van der Waals surface area contributed by atoms with Gasteiger partial charge in [0, 0.05) is 22.3 Å². The van der Waals surface area contributed by atoms with Gasteiger partial charge >= 0.3 is 0 Å². The molecule has 174 valence electrons. The van der Waals surface area contributed by atoms with Gasteiger partial charge in [-0.2, -0.15) is 0 Å². The molecule has 3 heteroatoms. The fourth-order valence-corrected chi connectivity index (χ4v) is 4.94. The van der Waals surface area contributed by atoms with Gasteiger partial charge in [-0.25, -0.2) is 4.98 Å². The fourth-order valence-electron chi connectivity index (χ4n) is 4.82. The summed E-state index contributed by atoms with van der Waals surface area (Å²) in [7, 11) is 0. The standard InChI is InChI=1S/C31H32ClNO/c1-3-6-25(26-7-4-5-8-26)19-20-34-31-18-10-24(21-23(31)2)9-16-30-17-13-28(22-33-30)27-11-14-29(32)15-12-27/h3,10-15,17-18,21-22,25-26H,1,4-8,19-20H2,2H3. The zero-order valence-electron chi connectivity index (χ0n) is 19.9. The quantitative estimate of drug-likeness (QED) is 0.244. The first-order valence-corrected chi connectivity index (χ1v) is 12.6. The molecule has 0 amide bonds. The topological polar surface area (TPSA) is 22.1 Å². The van der Waals surface area contributed by atoms with Crippen molar-refractivity contribution in [3.8, 4) is 28.7 Å². The molecule has 1 saturated carbocycles. The van der Waals surface area contributed by atoms with Crippen LogP contribution in [0.3, 0.4) is 0 Å². The van der Waals surface area contributed by atoms with Gasteiger partial charge in [0.2, 0.25) is 0 Å². The third-order valence-corrected chi connectivity index (χ3v) is 6.98. The smallest absolute Gasteiger partial charge is 0.122 e. The molecule has 1 fully saturated rings. The van der Waals surface area contributed by atoms with E-state index in [0.29, 0.717) is 5.92 Å². The van der Waals surface area contributed by atoms with Crippen LogP contribution < -0.4 is 4.74 Å². The Bertz CT molecular complexity index is 1150. The van der Waals surface area contributed by atoms with Crippen LogP contribution >= 0.6 is 11.6 Å². The van der Waals surface area contributed by atoms with Gasteiger partial charge in [0.05, 0.1) is 6.61 Å². The molecule has 1 aromatic heterocycles. The Morgan fingerprint density at radius 2 is 1.82 bits per heavy atom. The molecule has 1 atom stereocenters. The van der Waals surface area contributed by atoms with Crippen molar-refractivity contribution < 1.29 is 4.74 Å². The summed E-state index contributed by atoms with van der Waals surface area (Å²) >= 11 is 5.97. The van der Waals surface area contributed by atoms with E-state index < -0.39 is 0 Å². The Morgan fingerprint density at radius 1 is 1.06 bits per heavy atom. The van der Waals surface area contributed by atoms with Gasteiger partial charge in [-0.05, 0) is 85.0 Å². The minimum Gasteiger partial charge on any atom is -0.493 e. The van der Waals surface area contributed by atoms with Gasteiger partial charge in [-0.3, -0.25) is 0 Å². The van der Waals surface area contributed by atoms with Gasteiger partial charge in [-0.15, -0.1) is 6.58 Å². The van der Waals surface area contributed by atoms with Crippen molar-refractivity contribution in [2.45, 2.75) is 45.4 Å². The molecular formula is C31H32ClNO. The molecule has 2 aromatic carbocycles. The molecule has 1 aliphatic rings. The van der Waals surface area contributed by atoms with Crippen LogP contribution in [0.2, 0.25) is 5.02 Å². The molecule has 4 rings (SSSR count). The molecule has 3 aromatic rings. The Balaban J connectivity index is 1.34. The number of halogens is 1. The van der Waals surface area contributed by atoms with Crippen molar-refractivity contribution in [3.05, 3.63) is 95.3 Å². The fraction of sp³-hybridized carbons (Fsp3) is 0.323. The molecule has 1 aliphatic carbocycles. The van der Waals surface area contributed by atoms with E-state index in [1.165, 1.54) is 25.7 Å². The van der Waals surface area contributed by atoms with Crippen LogP contribution in [0.15, 0.2) is 73.4 Å². The average molecular weight is 470 g/mol. The van der Waals surface area contributed by atoms with Crippen LogP contribution in [-0.4, -0.2) is 11.6 Å². The van der Waals surface area contributed by atoms with Crippen LogP contribution in [0.1, 0.15) is 55.3 Å². The van der Waals surface area contributed by atoms with E-state index in [0.717, 1.165) is 64.1 Å². The lowest BCUT2D eigenvalue weighted by Crippen LogP contribution is -2.15. The summed E-state index contributed by atoms with van der Waals surface area (Å²) in [6.07, 6.45) is 11.6. The predicted molar refractivity (Wildman–Crippen MR) is 142 cm³/mol. The van der Waals surface area contributed by atoms with E-state index in [4.69, 9.17) is 16.3 Å². The molecule has 2 nitrogen and oxygen atoms in total. The van der Waals surface area contributed by atoms with Crippen LogP contribution in [0.4, 0.5) is 0 Å². The number of pyridine rings is 1. The first kappa shape index (κ1) is 24.1. The summed E-state index contributed by atoms with van der Waals surface area (Å²) in [6, 6.07) is 17.9. The van der Waals surface area contributed by atoms with Crippen LogP contribution in [-0.2, 0) is 0 Å². The minimum atomic E-state index is 0.698. The highest BCUT2D eigenvalue weighted by atomic mass is 35.5. The number of aromatic nitrogens is 1. The summed E-state index contributed by atoms with van der Waals surface area (Å²) in [6.45, 7) is 6.80. The maximum atomic E-state index is 6.15. The summed E-state index contributed by atoms with van der Waals surface area (Å²) < 4.78 is 6.15. The lowest BCUT2D eigenvalue weighted by molar-refractivity contribution is 0.235. The summed E-state index contributed by atoms with van der Waals surface area (Å²) in [4.78, 5) is 4.50. The molecule has 0 bridgehead atoms. The number of hydrogen-bond acceptors (Lipinski definition) is 2. The molecule has 0 saturated heterocycles. The summed E-state index contributed by atoms with van der Waals surface area (Å²) in [5.74, 6) is 8.88. The van der Waals surface area contributed by atoms with Crippen LogP contribution in [0.25, 0.3) is 11.1 Å². The van der Waals surface area contributed by atoms with E-state index in [2.05, 4.69) is 42.5 Å². The first-order valence-electron chi connectivity index (χ1n) is 12.2. The van der Waals surface area contributed by atoms with Crippen molar-refractivity contribution in [3.63, 3.8) is 0 Å². The Kier molecular flexibility index (Phi) is 8.45. The largest absolute Gasteiger partial charge is 0.493 e. The third-order valence-electron chi connectivity index (χ3n) is 6.73. The van der Waals surface area contributed by atoms with E-state index in [1.54, 1.807) is 0 Å². The first-order chi connectivity index (χ1) is 16.6. The van der Waals surface area contributed by atoms with E-state index >= 15 is 0 Å². The highest BCUT2D eigenvalue weighted by Gasteiger charge is 2.23. The molecule has 0 N–H and O–H groups in total. The zero-order valence-corrected chi connectivity index (χ0v) is 20.7. The number of aryl methyl sites for hydroxylation is 1. The van der Waals surface area contributed by atoms with E-state index in [9.17, 15) is 0 Å². The summed E-state index contributed by atoms with van der Waals surface area (Å²) in [5.41, 5.74) is 4.95. The summed E-state index contributed by atoms with van der Waals surface area (Å²) in [5, 5.41) is 0.729. The van der Waals surface area contributed by atoms with Crippen molar-refractivity contribution in [1.82, 2.24) is 4.98 Å². The van der Waals surface area contributed by atoms with E-state index in [-0.39, 0.29) is 0 Å². The number of ether oxygens (including phenoxy) is 1. The van der Waals surface area contributed by atoms with Crippen molar-refractivity contribution >= 4 is 11.6 Å². The molecular weight excluding hydrogens is 438 g/mol. The number of benzene rings is 2. The third kappa shape index (κ3) is 6.52. The monoisotopic (exact) mass is 469 g/mol. The SMILES string of the molecule is C=CCC(CCOc1ccc(C#Cc2ccc(-c3ccc(Cl)cc3)cn2)cc1C)C1CCCC1. The maximum Gasteiger partial charge on any atom is 0.122 e. The number of hydrogen-bond donors (Lipinski definition) is 0. The lowest BCUT2D eigenvalue weighted by atomic mass is 9.86. The molecule has 0 spiro atoms. The average Bonchev–Trinajstić information content (AvgIpc) is 3.39. The van der Waals surface area contributed by atoms with Crippen molar-refractivity contribution in [2.75, 3.05) is 6.61 Å². The molecule has 1 unspecified atom stereocenters. The van der Waals surface area contributed by atoms with Gasteiger partial charge in [0.25, 0.3) is 0 Å². The zero-order chi connectivity index (χ0) is 23.8. The van der Waals surface area contributed by atoms with E-state index in [1.807, 2.05) is 54.7 Å². The molecule has 1 heterocycles. The maximum absolute atomic E-state index is 6.15. The second kappa shape index (κ2) is 11.9. The second-order valence-corrected chi connectivity index (χ2v) is 9.57. The normalized spacial score (nSPS) is 14.3.